The maximum Gasteiger partial charge on any atom is 0.255 e. The third kappa shape index (κ3) is 3.27. The van der Waals surface area contributed by atoms with Gasteiger partial charge in [0.1, 0.15) is 12.7 Å². The Labute approximate surface area is 157 Å². The van der Waals surface area contributed by atoms with Crippen molar-refractivity contribution >= 4 is 27.8 Å². The van der Waals surface area contributed by atoms with E-state index in [0.717, 1.165) is 0 Å². The summed E-state index contributed by atoms with van der Waals surface area (Å²) in [5.41, 5.74) is 0.540. The molecule has 1 aliphatic heterocycles. The topological polar surface area (TPSA) is 92.9 Å². The van der Waals surface area contributed by atoms with Gasteiger partial charge in [0.25, 0.3) is 5.91 Å². The lowest BCUT2D eigenvalue weighted by atomic mass is 10.2. The maximum absolute atomic E-state index is 12.8. The second kappa shape index (κ2) is 7.16. The van der Waals surface area contributed by atoms with Gasteiger partial charge >= 0.3 is 0 Å². The molecule has 3 aromatic rings. The molecule has 3 aromatic heterocycles. The number of pyridine rings is 1. The van der Waals surface area contributed by atoms with Gasteiger partial charge in [0.2, 0.25) is 5.95 Å². The molecule has 26 heavy (non-hydrogen) atoms. The van der Waals surface area contributed by atoms with Gasteiger partial charge in [0.05, 0.1) is 10.0 Å². The van der Waals surface area contributed by atoms with Crippen LogP contribution < -0.4 is 4.90 Å². The normalized spacial score (nSPS) is 14.5. The van der Waals surface area contributed by atoms with Crippen molar-refractivity contribution in [3.8, 4) is 5.82 Å². The van der Waals surface area contributed by atoms with E-state index in [9.17, 15) is 4.79 Å². The lowest BCUT2D eigenvalue weighted by Crippen LogP contribution is -2.49. The number of hydrogen-bond donors (Lipinski definition) is 0. The van der Waals surface area contributed by atoms with E-state index >= 15 is 0 Å². The second-order valence-corrected chi connectivity index (χ2v) is 6.58. The molecule has 4 rings (SSSR count). The summed E-state index contributed by atoms with van der Waals surface area (Å²) >= 11 is 3.47. The second-order valence-electron chi connectivity index (χ2n) is 5.73. The molecule has 1 fully saturated rings. The Kier molecular flexibility index (Phi) is 4.57. The van der Waals surface area contributed by atoms with E-state index in [0.29, 0.717) is 48.0 Å². The van der Waals surface area contributed by atoms with Crippen molar-refractivity contribution in [1.29, 1.82) is 0 Å². The molecule has 0 aliphatic carbocycles. The van der Waals surface area contributed by atoms with E-state index < -0.39 is 0 Å². The molecule has 0 atom stereocenters. The molecule has 1 amide bonds. The van der Waals surface area contributed by atoms with Crippen LogP contribution in [-0.2, 0) is 0 Å². The molecule has 0 spiro atoms. The molecular formula is C16H15BrN8O. The zero-order valence-electron chi connectivity index (χ0n) is 13.7. The number of rotatable bonds is 3. The van der Waals surface area contributed by atoms with Crippen molar-refractivity contribution in [1.82, 2.24) is 34.6 Å². The van der Waals surface area contributed by atoms with Crippen LogP contribution in [0.5, 0.6) is 0 Å². The van der Waals surface area contributed by atoms with Crippen molar-refractivity contribution in [3.05, 3.63) is 53.4 Å². The molecule has 10 heteroatoms. The zero-order valence-corrected chi connectivity index (χ0v) is 15.3. The van der Waals surface area contributed by atoms with Crippen LogP contribution in [0.3, 0.4) is 0 Å². The monoisotopic (exact) mass is 414 g/mol. The van der Waals surface area contributed by atoms with Crippen LogP contribution in [0, 0.1) is 0 Å². The molecule has 132 valence electrons. The largest absolute Gasteiger partial charge is 0.337 e. The Morgan fingerprint density at radius 3 is 2.35 bits per heavy atom. The zero-order chi connectivity index (χ0) is 17.9. The van der Waals surface area contributed by atoms with E-state index in [2.05, 4.69) is 46.0 Å². The summed E-state index contributed by atoms with van der Waals surface area (Å²) in [5.74, 6) is 1.29. The number of piperazine rings is 1. The molecule has 0 radical (unpaired) electrons. The lowest BCUT2D eigenvalue weighted by Gasteiger charge is -2.34. The van der Waals surface area contributed by atoms with Gasteiger partial charge in [-0.1, -0.05) is 0 Å². The highest BCUT2D eigenvalue weighted by atomic mass is 79.9. The van der Waals surface area contributed by atoms with Gasteiger partial charge in [-0.2, -0.15) is 0 Å². The van der Waals surface area contributed by atoms with Crippen LogP contribution in [0.1, 0.15) is 10.4 Å². The number of aromatic nitrogens is 6. The minimum Gasteiger partial charge on any atom is -0.337 e. The average molecular weight is 415 g/mol. The Morgan fingerprint density at radius 1 is 1.00 bits per heavy atom. The van der Waals surface area contributed by atoms with Gasteiger partial charge in [0, 0.05) is 44.8 Å². The Bertz CT molecular complexity index is 894. The summed E-state index contributed by atoms with van der Waals surface area (Å²) in [7, 11) is 0. The minimum atomic E-state index is -0.0397. The smallest absolute Gasteiger partial charge is 0.255 e. The molecular weight excluding hydrogens is 400 g/mol. The van der Waals surface area contributed by atoms with E-state index in [1.807, 2.05) is 4.90 Å². The Morgan fingerprint density at radius 2 is 1.69 bits per heavy atom. The van der Waals surface area contributed by atoms with E-state index in [1.54, 1.807) is 47.9 Å². The van der Waals surface area contributed by atoms with Crippen LogP contribution in [0.4, 0.5) is 5.95 Å². The summed E-state index contributed by atoms with van der Waals surface area (Å²) < 4.78 is 2.39. The third-order valence-electron chi connectivity index (χ3n) is 4.13. The number of amides is 1. The summed E-state index contributed by atoms with van der Waals surface area (Å²) in [5, 5.41) is 7.53. The quantitative estimate of drug-likeness (QED) is 0.634. The van der Waals surface area contributed by atoms with Gasteiger partial charge in [-0.15, -0.1) is 10.2 Å². The van der Waals surface area contributed by atoms with E-state index in [1.165, 1.54) is 0 Å². The highest BCUT2D eigenvalue weighted by Gasteiger charge is 2.24. The molecule has 1 saturated heterocycles. The molecule has 4 heterocycles. The maximum atomic E-state index is 12.8. The fourth-order valence-corrected chi connectivity index (χ4v) is 3.35. The van der Waals surface area contributed by atoms with Gasteiger partial charge in [0.15, 0.2) is 5.82 Å². The lowest BCUT2D eigenvalue weighted by molar-refractivity contribution is 0.0745. The summed E-state index contributed by atoms with van der Waals surface area (Å²) in [4.78, 5) is 29.5. The first-order valence-corrected chi connectivity index (χ1v) is 8.83. The van der Waals surface area contributed by atoms with Crippen molar-refractivity contribution in [3.63, 3.8) is 0 Å². The standard InChI is InChI=1S/C16H15BrN8O/c17-13-8-12(9-20-14(13)25-10-21-22-11-25)15(26)23-4-6-24(7-5-23)16-18-2-1-3-19-16/h1-3,8-11H,4-7H2. The summed E-state index contributed by atoms with van der Waals surface area (Å²) in [6, 6.07) is 3.56. The van der Waals surface area contributed by atoms with Crippen molar-refractivity contribution in [2.75, 3.05) is 31.1 Å². The van der Waals surface area contributed by atoms with E-state index in [4.69, 9.17) is 0 Å². The molecule has 0 N–H and O–H groups in total. The van der Waals surface area contributed by atoms with Crippen LogP contribution in [-0.4, -0.2) is 66.7 Å². The first-order chi connectivity index (χ1) is 12.7. The van der Waals surface area contributed by atoms with Gasteiger partial charge in [-0.25, -0.2) is 15.0 Å². The number of carbonyl (C=O) groups excluding carboxylic acids is 1. The number of hydrogen-bond acceptors (Lipinski definition) is 7. The molecule has 0 unspecified atom stereocenters. The van der Waals surface area contributed by atoms with Crippen LogP contribution in [0.25, 0.3) is 5.82 Å². The molecule has 0 saturated carbocycles. The predicted molar refractivity (Wildman–Crippen MR) is 97.0 cm³/mol. The fraction of sp³-hybridized carbons (Fsp3) is 0.250. The summed E-state index contributed by atoms with van der Waals surface area (Å²) in [6.07, 6.45) is 8.13. The number of anilines is 1. The minimum absolute atomic E-state index is 0.0397. The Balaban J connectivity index is 1.45. The van der Waals surface area contributed by atoms with Crippen LogP contribution >= 0.6 is 15.9 Å². The van der Waals surface area contributed by atoms with Crippen molar-refractivity contribution < 1.29 is 4.79 Å². The SMILES string of the molecule is O=C(c1cnc(-n2cnnc2)c(Br)c1)N1CCN(c2ncccn2)CC1. The van der Waals surface area contributed by atoms with Crippen LogP contribution in [0.2, 0.25) is 0 Å². The Hall–Kier alpha value is -2.88. The first kappa shape index (κ1) is 16.6. The number of carbonyl (C=O) groups is 1. The van der Waals surface area contributed by atoms with Crippen molar-refractivity contribution in [2.24, 2.45) is 0 Å². The van der Waals surface area contributed by atoms with Crippen molar-refractivity contribution in [2.45, 2.75) is 0 Å². The van der Waals surface area contributed by atoms with Gasteiger partial charge in [-0.05, 0) is 28.1 Å². The van der Waals surface area contributed by atoms with Gasteiger partial charge < -0.3 is 9.80 Å². The fourth-order valence-electron chi connectivity index (χ4n) is 2.79. The molecule has 0 aromatic carbocycles. The molecule has 1 aliphatic rings. The first-order valence-electron chi connectivity index (χ1n) is 8.04. The highest BCUT2D eigenvalue weighted by Crippen LogP contribution is 2.21. The average Bonchev–Trinajstić information content (AvgIpc) is 3.22. The molecule has 9 nitrogen and oxygen atoms in total. The van der Waals surface area contributed by atoms with Gasteiger partial charge in [-0.3, -0.25) is 9.36 Å². The third-order valence-corrected chi connectivity index (χ3v) is 4.72. The summed E-state index contributed by atoms with van der Waals surface area (Å²) in [6.45, 7) is 2.62. The highest BCUT2D eigenvalue weighted by molar-refractivity contribution is 9.10. The molecule has 0 bridgehead atoms. The van der Waals surface area contributed by atoms with Crippen LogP contribution in [0.15, 0.2) is 47.9 Å². The van der Waals surface area contributed by atoms with E-state index in [-0.39, 0.29) is 5.91 Å². The predicted octanol–water partition coefficient (Wildman–Crippen LogP) is 1.18. The number of nitrogens with zero attached hydrogens (tertiary/aromatic N) is 8. The number of halogens is 1.